The van der Waals surface area contributed by atoms with Crippen LogP contribution in [0.4, 0.5) is 0 Å². The van der Waals surface area contributed by atoms with Crippen LogP contribution in [-0.4, -0.2) is 43.4 Å². The van der Waals surface area contributed by atoms with Crippen LogP contribution in [-0.2, 0) is 4.74 Å². The first-order chi connectivity index (χ1) is 28.7. The lowest BCUT2D eigenvalue weighted by molar-refractivity contribution is 0.198. The average molecular weight is 812 g/mol. The van der Waals surface area contributed by atoms with Crippen molar-refractivity contribution in [2.24, 2.45) is 23.7 Å². The molecule has 4 atom stereocenters. The summed E-state index contributed by atoms with van der Waals surface area (Å²) in [6.07, 6.45) is 44.5. The van der Waals surface area contributed by atoms with Crippen LogP contribution in [0, 0.1) is 23.7 Å². The molecule has 1 heterocycles. The van der Waals surface area contributed by atoms with Gasteiger partial charge in [-0.3, -0.25) is 0 Å². The van der Waals surface area contributed by atoms with Gasteiger partial charge in [0.1, 0.15) is 0 Å². The molecule has 0 spiro atoms. The van der Waals surface area contributed by atoms with Crippen LogP contribution in [0.25, 0.3) is 11.1 Å². The van der Waals surface area contributed by atoms with Gasteiger partial charge < -0.3 is 4.74 Å². The molecule has 4 unspecified atom stereocenters. The molecule has 9 aliphatic rings. The van der Waals surface area contributed by atoms with Crippen molar-refractivity contribution in [3.63, 3.8) is 0 Å². The van der Waals surface area contributed by atoms with Crippen LogP contribution in [0.5, 0.6) is 0 Å². The molecule has 58 heavy (non-hydrogen) atoms. The normalized spacial score (nSPS) is 29.3. The zero-order chi connectivity index (χ0) is 39.2. The van der Waals surface area contributed by atoms with E-state index in [1.807, 2.05) is 5.31 Å². The van der Waals surface area contributed by atoms with Crippen molar-refractivity contribution < 1.29 is 4.74 Å². The van der Waals surface area contributed by atoms with E-state index >= 15 is 0 Å². The second-order valence-corrected chi connectivity index (χ2v) is 26.1. The first kappa shape index (κ1) is 41.6. The summed E-state index contributed by atoms with van der Waals surface area (Å²) in [5.41, 5.74) is 10.1. The number of rotatable bonds is 8. The van der Waals surface area contributed by atoms with E-state index in [0.29, 0.717) is 11.8 Å². The van der Waals surface area contributed by atoms with Crippen LogP contribution in [0.15, 0.2) is 95.6 Å². The van der Waals surface area contributed by atoms with E-state index in [-0.39, 0.29) is 7.92 Å². The lowest BCUT2D eigenvalue weighted by atomic mass is 9.95. The number of fused-ring (bicyclic) bond motifs is 4. The van der Waals surface area contributed by atoms with Gasteiger partial charge >= 0.3 is 7.57 Å². The molecule has 1 aliphatic heterocycles. The van der Waals surface area contributed by atoms with E-state index < -0.39 is 7.14 Å². The van der Waals surface area contributed by atoms with Crippen molar-refractivity contribution in [1.29, 1.82) is 0 Å². The predicted octanol–water partition coefficient (Wildman–Crippen LogP) is 15.9. The Labute approximate surface area is 357 Å². The molecule has 2 radical (unpaired) electrons. The highest BCUT2D eigenvalue weighted by molar-refractivity contribution is 8.01. The largest absolute Gasteiger partial charge is 0.381 e. The van der Waals surface area contributed by atoms with E-state index in [4.69, 9.17) is 12.3 Å². The Bertz CT molecular complexity index is 1690. The van der Waals surface area contributed by atoms with Gasteiger partial charge in [-0.2, -0.15) is 0 Å². The Balaban J connectivity index is 0.000000134. The van der Waals surface area contributed by atoms with Gasteiger partial charge in [-0.15, -0.1) is 0 Å². The molecule has 308 valence electrons. The van der Waals surface area contributed by atoms with Crippen LogP contribution >= 0.6 is 15.1 Å². The Hall–Kier alpha value is -1.72. The van der Waals surface area contributed by atoms with E-state index in [9.17, 15) is 0 Å². The molecule has 1 nitrogen and oxygen atoms in total. The summed E-state index contributed by atoms with van der Waals surface area (Å²) in [4.78, 5) is 0. The summed E-state index contributed by atoms with van der Waals surface area (Å²) < 4.78 is 4.94. The third-order valence-electron chi connectivity index (χ3n) is 16.1. The van der Waals surface area contributed by atoms with Crippen molar-refractivity contribution in [1.82, 2.24) is 0 Å². The molecule has 1 saturated heterocycles. The zero-order valence-electron chi connectivity index (χ0n) is 36.0. The Morgan fingerprint density at radius 2 is 0.862 bits per heavy atom. The number of hydrogen-bond acceptors (Lipinski definition) is 1. The van der Waals surface area contributed by atoms with Gasteiger partial charge in [-0.1, -0.05) is 144 Å². The highest BCUT2D eigenvalue weighted by Gasteiger charge is 2.57. The van der Waals surface area contributed by atoms with Crippen LogP contribution in [0.3, 0.4) is 0 Å². The number of hydrogen-bond donors (Lipinski definition) is 0. The highest BCUT2D eigenvalue weighted by atomic mass is 31.2. The lowest BCUT2D eigenvalue weighted by Gasteiger charge is -2.44. The maximum Gasteiger partial charge on any atom is 0.371 e. The van der Waals surface area contributed by atoms with Gasteiger partial charge in [-0.05, 0) is 143 Å². The molecule has 11 rings (SSSR count). The zero-order valence-corrected chi connectivity index (χ0v) is 37.8. The van der Waals surface area contributed by atoms with E-state index in [1.165, 1.54) is 160 Å². The van der Waals surface area contributed by atoms with Crippen molar-refractivity contribution in [3.05, 3.63) is 107 Å². The summed E-state index contributed by atoms with van der Waals surface area (Å²) in [7, 11) is 6.24. The number of ether oxygens (including phenoxy) is 1. The van der Waals surface area contributed by atoms with Crippen molar-refractivity contribution in [2.75, 3.05) is 13.2 Å². The molecule has 2 aromatic carbocycles. The van der Waals surface area contributed by atoms with Crippen molar-refractivity contribution in [3.8, 4) is 0 Å². The van der Waals surface area contributed by atoms with Gasteiger partial charge in [0.2, 0.25) is 0 Å². The average Bonchev–Trinajstić information content (AvgIpc) is 4.18. The molecule has 2 aromatic rings. The first-order valence-electron chi connectivity index (χ1n) is 24.7. The molecule has 0 amide bonds. The third-order valence-corrected chi connectivity index (χ3v) is 24.7. The van der Waals surface area contributed by atoms with Gasteiger partial charge in [0.05, 0.1) is 16.6 Å². The van der Waals surface area contributed by atoms with Crippen molar-refractivity contribution in [2.45, 2.75) is 177 Å². The summed E-state index contributed by atoms with van der Waals surface area (Å²) in [6.45, 7) is 2.00. The van der Waals surface area contributed by atoms with Crippen LogP contribution in [0.2, 0.25) is 0 Å². The maximum atomic E-state index is 7.79. The molecule has 4 saturated carbocycles. The Morgan fingerprint density at radius 1 is 0.448 bits per heavy atom. The van der Waals surface area contributed by atoms with E-state index in [2.05, 4.69) is 85.0 Å². The fraction of sp³-hybridized carbons (Fsp3) is 0.630. The van der Waals surface area contributed by atoms with E-state index in [1.54, 1.807) is 22.0 Å². The second kappa shape index (κ2) is 20.0. The quantitative estimate of drug-likeness (QED) is 0.147. The molecular weight excluding hydrogens is 737 g/mol. The van der Waals surface area contributed by atoms with Crippen molar-refractivity contribution >= 4 is 33.8 Å². The van der Waals surface area contributed by atoms with Gasteiger partial charge in [0.15, 0.2) is 0 Å². The fourth-order valence-corrected chi connectivity index (χ4v) is 23.1. The smallest absolute Gasteiger partial charge is 0.371 e. The summed E-state index contributed by atoms with van der Waals surface area (Å²) in [6, 6.07) is 22.7. The summed E-state index contributed by atoms with van der Waals surface area (Å²) in [5.74, 6) is 2.77. The molecule has 5 fully saturated rings. The molecular formula is C54H74BOP2+. The number of allylic oxidation sites excluding steroid dienone is 8. The molecule has 4 heteroatoms. The Kier molecular flexibility index (Phi) is 14.3. The predicted molar refractivity (Wildman–Crippen MR) is 255 cm³/mol. The van der Waals surface area contributed by atoms with Gasteiger partial charge in [0.25, 0.3) is 0 Å². The minimum atomic E-state index is -1.60. The van der Waals surface area contributed by atoms with E-state index in [0.717, 1.165) is 47.7 Å². The third kappa shape index (κ3) is 8.94. The Morgan fingerprint density at radius 3 is 1.34 bits per heavy atom. The number of benzene rings is 2. The topological polar surface area (TPSA) is 9.23 Å². The maximum absolute atomic E-state index is 7.79. The molecule has 4 bridgehead atoms. The van der Waals surface area contributed by atoms with Crippen LogP contribution < -0.4 is 0 Å². The first-order valence-corrected chi connectivity index (χ1v) is 28.2. The summed E-state index contributed by atoms with van der Waals surface area (Å²) >= 11 is 0. The molecule has 8 aliphatic carbocycles. The SMILES string of the molecule is C1=CC2CC1C(c1ccccc1)=C2P(C1CCCCC1)C1CCCCC1.C1CCOC1.[B][P+](C1=C(c2ccccc2)C2C=CC1C2)(C1CCCCC1)C1CCCCC1. The monoisotopic (exact) mass is 812 g/mol. The highest BCUT2D eigenvalue weighted by Crippen LogP contribution is 2.79. The standard InChI is InChI=1S/C25H33BP.C25H33P.C4H8O/c26-27(22-12-6-2-7-13-22,23-14-8-3-9-15-23)25-21-17-16-20(18-21)24(25)19-10-4-1-5-11-19;1-4-10-19(11-5-1)24-20-16-17-21(18-20)25(24)26(22-12-6-2-7-13-22)23-14-8-3-9-15-23;1-2-4-5-3-1/h1,4-5,10-11,16-17,20-23H,2-3,6-9,12-15,18H2;1,4-5,10-11,16-17,20-23H,2-3,6-9,12-15,18H2;1-4H2/q+1;;. The second-order valence-electron chi connectivity index (χ2n) is 19.7. The molecule has 0 aromatic heterocycles. The van der Waals surface area contributed by atoms with Gasteiger partial charge in [-0.25, -0.2) is 0 Å². The molecule has 0 N–H and O–H groups in total. The minimum absolute atomic E-state index is 0.0526. The van der Waals surface area contributed by atoms with Crippen LogP contribution in [0.1, 0.15) is 165 Å². The fourth-order valence-electron chi connectivity index (χ4n) is 13.4. The minimum Gasteiger partial charge on any atom is -0.381 e. The van der Waals surface area contributed by atoms with Gasteiger partial charge in [0, 0.05) is 42.5 Å². The summed E-state index contributed by atoms with van der Waals surface area (Å²) in [5, 5.41) is 3.75. The lowest BCUT2D eigenvalue weighted by Crippen LogP contribution is -2.30.